The molecule has 0 atom stereocenters. The number of carboxylic acid groups (broad SMARTS) is 2. The van der Waals surface area contributed by atoms with E-state index in [1.165, 1.54) is 0 Å². The van der Waals surface area contributed by atoms with Crippen molar-refractivity contribution in [2.45, 2.75) is 12.8 Å². The van der Waals surface area contributed by atoms with Crippen LogP contribution in [0.1, 0.15) is 12.8 Å². The Balaban J connectivity index is -0.000000245. The van der Waals surface area contributed by atoms with Crippen molar-refractivity contribution in [1.29, 1.82) is 0 Å². The minimum absolute atomic E-state index is 0. The predicted octanol–water partition coefficient (Wildman–Crippen LogP) is -6.06. The molecule has 0 amide bonds. The molecule has 0 aliphatic carbocycles. The molecule has 0 spiro atoms. The third kappa shape index (κ3) is 16.0. The zero-order chi connectivity index (χ0) is 6.57. The van der Waals surface area contributed by atoms with Gasteiger partial charge in [0.15, 0.2) is 0 Å². The molecule has 0 fully saturated rings. The van der Waals surface area contributed by atoms with E-state index in [0.717, 1.165) is 0 Å². The van der Waals surface area contributed by atoms with Gasteiger partial charge in [0, 0.05) is 0 Å². The van der Waals surface area contributed by atoms with Gasteiger partial charge in [-0.3, -0.25) is 9.59 Å². The van der Waals surface area contributed by atoms with Crippen LogP contribution in [0.15, 0.2) is 0 Å². The van der Waals surface area contributed by atoms with E-state index in [2.05, 4.69) is 0 Å². The van der Waals surface area contributed by atoms with E-state index in [-0.39, 0.29) is 72.0 Å². The number of carbonyl (C=O) groups is 2. The smallest absolute Gasteiger partial charge is 0.481 e. The van der Waals surface area contributed by atoms with Crippen molar-refractivity contribution in [2.75, 3.05) is 0 Å². The van der Waals surface area contributed by atoms with E-state index in [1.807, 2.05) is 0 Å². The molecule has 0 saturated carbocycles. The van der Waals surface area contributed by atoms with E-state index < -0.39 is 11.9 Å². The molecule has 0 radical (unpaired) electrons. The average Bonchev–Trinajstić information content (AvgIpc) is 1.61. The van der Waals surface area contributed by atoms with Crippen molar-refractivity contribution in [3.05, 3.63) is 0 Å². The van der Waals surface area contributed by atoms with Crippen LogP contribution in [-0.2, 0) is 9.59 Å². The SMILES string of the molecule is O=C(O)CCC(=O)O.[Na+].[Na+]. The third-order valence-corrected chi connectivity index (χ3v) is 0.553. The van der Waals surface area contributed by atoms with E-state index in [1.54, 1.807) is 0 Å². The minimum Gasteiger partial charge on any atom is -0.481 e. The maximum Gasteiger partial charge on any atom is 1.00 e. The van der Waals surface area contributed by atoms with Crippen LogP contribution >= 0.6 is 0 Å². The van der Waals surface area contributed by atoms with Gasteiger partial charge in [0.1, 0.15) is 0 Å². The Morgan fingerprint density at radius 1 is 0.900 bits per heavy atom. The first-order valence-corrected chi connectivity index (χ1v) is 2.06. The van der Waals surface area contributed by atoms with Crippen LogP contribution in [0.25, 0.3) is 0 Å². The second kappa shape index (κ2) is 9.94. The minimum atomic E-state index is -1.08. The predicted molar refractivity (Wildman–Crippen MR) is 24.5 cm³/mol. The Bertz CT molecular complexity index is 99.8. The topological polar surface area (TPSA) is 74.6 Å². The summed E-state index contributed by atoms with van der Waals surface area (Å²) in [6.07, 6.45) is -0.593. The van der Waals surface area contributed by atoms with Gasteiger partial charge in [-0.15, -0.1) is 0 Å². The van der Waals surface area contributed by atoms with Crippen LogP contribution in [0.5, 0.6) is 0 Å². The third-order valence-electron chi connectivity index (χ3n) is 0.553. The molecule has 0 aromatic heterocycles. The van der Waals surface area contributed by atoms with Crippen LogP contribution in [0.2, 0.25) is 0 Å². The zero-order valence-corrected chi connectivity index (χ0v) is 10.1. The molecule has 6 heteroatoms. The van der Waals surface area contributed by atoms with Crippen LogP contribution in [-0.4, -0.2) is 22.2 Å². The molecule has 0 heterocycles. The van der Waals surface area contributed by atoms with Crippen LogP contribution in [0.3, 0.4) is 0 Å². The van der Waals surface area contributed by atoms with E-state index in [4.69, 9.17) is 10.2 Å². The van der Waals surface area contributed by atoms with Crippen molar-refractivity contribution in [3.63, 3.8) is 0 Å². The molecule has 0 aromatic carbocycles. The summed E-state index contributed by atoms with van der Waals surface area (Å²) in [4.78, 5) is 19.3. The van der Waals surface area contributed by atoms with Gasteiger partial charge in [-0.2, -0.15) is 0 Å². The van der Waals surface area contributed by atoms with Gasteiger partial charge < -0.3 is 10.2 Å². The van der Waals surface area contributed by atoms with Gasteiger partial charge in [-0.05, 0) is 0 Å². The Morgan fingerprint density at radius 2 is 1.10 bits per heavy atom. The second-order valence-corrected chi connectivity index (χ2v) is 1.29. The summed E-state index contributed by atoms with van der Waals surface area (Å²) in [6, 6.07) is 0. The van der Waals surface area contributed by atoms with Gasteiger partial charge in [0.2, 0.25) is 0 Å². The fourth-order valence-corrected chi connectivity index (χ4v) is 0.214. The van der Waals surface area contributed by atoms with Gasteiger partial charge in [0.25, 0.3) is 0 Å². The summed E-state index contributed by atoms with van der Waals surface area (Å²) in [5.41, 5.74) is 0. The number of aliphatic carboxylic acids is 2. The van der Waals surface area contributed by atoms with E-state index in [0.29, 0.717) is 0 Å². The molecule has 0 bridgehead atoms. The molecular formula is C4H6Na2O4+2. The summed E-state index contributed by atoms with van der Waals surface area (Å²) in [5, 5.41) is 15.8. The first-order chi connectivity index (χ1) is 3.63. The molecule has 4 nitrogen and oxygen atoms in total. The van der Waals surface area contributed by atoms with Gasteiger partial charge in [-0.25, -0.2) is 0 Å². The summed E-state index contributed by atoms with van der Waals surface area (Å²) in [6.45, 7) is 0. The number of rotatable bonds is 3. The largest absolute Gasteiger partial charge is 1.00 e. The Labute approximate surface area is 103 Å². The first-order valence-electron chi connectivity index (χ1n) is 2.06. The Hall–Kier alpha value is 0.940. The first kappa shape index (κ1) is 17.1. The molecular weight excluding hydrogens is 158 g/mol. The normalized spacial score (nSPS) is 6.80. The summed E-state index contributed by atoms with van der Waals surface area (Å²) in [5.74, 6) is -2.15. The second-order valence-electron chi connectivity index (χ2n) is 1.29. The average molecular weight is 164 g/mol. The standard InChI is InChI=1S/C4H6O4.2Na/c5-3(6)1-2-4(7)8;;/h1-2H2,(H,5,6)(H,7,8);;/q;2*+1. The maximum atomic E-state index is 9.64. The molecule has 10 heavy (non-hydrogen) atoms. The molecule has 0 rings (SSSR count). The fourth-order valence-electron chi connectivity index (χ4n) is 0.214. The molecule has 0 saturated heterocycles. The van der Waals surface area contributed by atoms with E-state index >= 15 is 0 Å². The summed E-state index contributed by atoms with van der Waals surface area (Å²) >= 11 is 0. The number of hydrogen-bond acceptors (Lipinski definition) is 2. The van der Waals surface area contributed by atoms with Crippen molar-refractivity contribution in [3.8, 4) is 0 Å². The number of hydrogen-bond donors (Lipinski definition) is 2. The van der Waals surface area contributed by atoms with Crippen molar-refractivity contribution in [2.24, 2.45) is 0 Å². The maximum absolute atomic E-state index is 9.64. The number of carboxylic acids is 2. The summed E-state index contributed by atoms with van der Waals surface area (Å²) in [7, 11) is 0. The fraction of sp³-hybridized carbons (Fsp3) is 0.500. The molecule has 2 N–H and O–H groups in total. The Morgan fingerprint density at radius 3 is 1.20 bits per heavy atom. The molecule has 46 valence electrons. The molecule has 0 aromatic rings. The van der Waals surface area contributed by atoms with Crippen molar-refractivity contribution in [1.82, 2.24) is 0 Å². The zero-order valence-electron chi connectivity index (χ0n) is 6.13. The molecule has 0 aliphatic heterocycles. The monoisotopic (exact) mass is 164 g/mol. The van der Waals surface area contributed by atoms with Crippen molar-refractivity contribution < 1.29 is 78.9 Å². The van der Waals surface area contributed by atoms with Crippen LogP contribution in [0.4, 0.5) is 0 Å². The van der Waals surface area contributed by atoms with Crippen LogP contribution in [0, 0.1) is 0 Å². The molecule has 0 aliphatic rings. The van der Waals surface area contributed by atoms with Gasteiger partial charge in [0.05, 0.1) is 12.8 Å². The quantitative estimate of drug-likeness (QED) is 0.407. The summed E-state index contributed by atoms with van der Waals surface area (Å²) < 4.78 is 0. The van der Waals surface area contributed by atoms with Gasteiger partial charge in [-0.1, -0.05) is 0 Å². The van der Waals surface area contributed by atoms with Crippen molar-refractivity contribution >= 4 is 11.9 Å². The van der Waals surface area contributed by atoms with E-state index in [9.17, 15) is 9.59 Å². The molecule has 0 unspecified atom stereocenters. The van der Waals surface area contributed by atoms with Crippen LogP contribution < -0.4 is 59.1 Å². The van der Waals surface area contributed by atoms with Gasteiger partial charge >= 0.3 is 71.1 Å². The Kier molecular flexibility index (Phi) is 17.0.